The zero-order valence-electron chi connectivity index (χ0n) is 16.1. The second kappa shape index (κ2) is 9.15. The van der Waals surface area contributed by atoms with Crippen molar-refractivity contribution in [3.05, 3.63) is 76.5 Å². The highest BCUT2D eigenvalue weighted by Gasteiger charge is 2.23. The topological polar surface area (TPSA) is 80.3 Å². The number of carbonyl (C=O) groups is 2. The first-order valence-corrected chi connectivity index (χ1v) is 10.4. The predicted molar refractivity (Wildman–Crippen MR) is 113 cm³/mol. The molecular weight excluding hydrogens is 405 g/mol. The van der Waals surface area contributed by atoms with Gasteiger partial charge in [0.1, 0.15) is 11.9 Å². The van der Waals surface area contributed by atoms with Gasteiger partial charge in [0.15, 0.2) is 5.13 Å². The average molecular weight is 425 g/mol. The van der Waals surface area contributed by atoms with E-state index in [1.54, 1.807) is 42.6 Å². The van der Waals surface area contributed by atoms with Crippen molar-refractivity contribution >= 4 is 34.0 Å². The number of halogens is 1. The minimum atomic E-state index is -0.433. The lowest BCUT2D eigenvalue weighted by molar-refractivity contribution is -0.124. The molecule has 30 heavy (non-hydrogen) atoms. The molecule has 8 heteroatoms. The predicted octanol–water partition coefficient (Wildman–Crippen LogP) is 4.24. The summed E-state index contributed by atoms with van der Waals surface area (Å²) in [6.07, 6.45) is 3.45. The maximum Gasteiger partial charge on any atom is 0.257 e. The molecule has 2 N–H and O–H groups in total. The second-order valence-electron chi connectivity index (χ2n) is 6.96. The monoisotopic (exact) mass is 425 g/mol. The molecular formula is C22H20FN3O3S. The van der Waals surface area contributed by atoms with Gasteiger partial charge < -0.3 is 10.1 Å². The number of nitrogens with zero attached hydrogens (tertiary/aromatic N) is 1. The van der Waals surface area contributed by atoms with Crippen molar-refractivity contribution in [1.29, 1.82) is 0 Å². The first-order valence-electron chi connectivity index (χ1n) is 9.60. The third-order valence-corrected chi connectivity index (χ3v) is 5.59. The molecule has 2 heterocycles. The smallest absolute Gasteiger partial charge is 0.257 e. The number of hydrogen-bond donors (Lipinski definition) is 2. The average Bonchev–Trinajstić information content (AvgIpc) is 3.42. The molecule has 0 saturated carbocycles. The highest BCUT2D eigenvalue weighted by molar-refractivity contribution is 7.15. The van der Waals surface area contributed by atoms with E-state index < -0.39 is 6.10 Å². The van der Waals surface area contributed by atoms with Crippen molar-refractivity contribution in [3.63, 3.8) is 0 Å². The maximum atomic E-state index is 13.0. The van der Waals surface area contributed by atoms with Gasteiger partial charge in [-0.05, 0) is 48.7 Å². The van der Waals surface area contributed by atoms with Gasteiger partial charge in [0, 0.05) is 35.4 Å². The highest BCUT2D eigenvalue weighted by Crippen LogP contribution is 2.23. The Morgan fingerprint density at radius 3 is 2.77 bits per heavy atom. The SMILES string of the molecule is O=C(Nc1ncc(Cc2ccc(F)cc2)s1)c1cccc(NC(=O)[C@@H]2CCCO2)c1. The van der Waals surface area contributed by atoms with Gasteiger partial charge in [0.05, 0.1) is 0 Å². The molecule has 1 saturated heterocycles. The molecule has 4 rings (SSSR count). The molecule has 1 aliphatic heterocycles. The van der Waals surface area contributed by atoms with Crippen LogP contribution in [0.2, 0.25) is 0 Å². The molecule has 0 aliphatic carbocycles. The van der Waals surface area contributed by atoms with Gasteiger partial charge in [-0.3, -0.25) is 14.9 Å². The molecule has 0 unspecified atom stereocenters. The minimum absolute atomic E-state index is 0.199. The van der Waals surface area contributed by atoms with E-state index in [9.17, 15) is 14.0 Å². The van der Waals surface area contributed by atoms with Crippen LogP contribution in [0.3, 0.4) is 0 Å². The normalized spacial score (nSPS) is 15.7. The summed E-state index contributed by atoms with van der Waals surface area (Å²) in [6.45, 7) is 0.595. The Balaban J connectivity index is 1.37. The van der Waals surface area contributed by atoms with Crippen molar-refractivity contribution in [1.82, 2.24) is 4.98 Å². The molecule has 0 bridgehead atoms. The van der Waals surface area contributed by atoms with Crippen LogP contribution in [0, 0.1) is 5.82 Å². The van der Waals surface area contributed by atoms with Crippen LogP contribution in [-0.4, -0.2) is 29.5 Å². The van der Waals surface area contributed by atoms with Crippen LogP contribution >= 0.6 is 11.3 Å². The van der Waals surface area contributed by atoms with Crippen molar-refractivity contribution in [2.24, 2.45) is 0 Å². The van der Waals surface area contributed by atoms with Gasteiger partial charge in [0.25, 0.3) is 11.8 Å². The van der Waals surface area contributed by atoms with Crippen LogP contribution in [0.15, 0.2) is 54.7 Å². The van der Waals surface area contributed by atoms with Gasteiger partial charge in [0.2, 0.25) is 0 Å². The fraction of sp³-hybridized carbons (Fsp3) is 0.227. The fourth-order valence-electron chi connectivity index (χ4n) is 3.17. The van der Waals surface area contributed by atoms with E-state index in [2.05, 4.69) is 15.6 Å². The summed E-state index contributed by atoms with van der Waals surface area (Å²) in [5.41, 5.74) is 1.92. The Bertz CT molecular complexity index is 1050. The lowest BCUT2D eigenvalue weighted by Crippen LogP contribution is -2.27. The molecule has 2 amide bonds. The number of amides is 2. The summed E-state index contributed by atoms with van der Waals surface area (Å²) in [7, 11) is 0. The summed E-state index contributed by atoms with van der Waals surface area (Å²) in [5.74, 6) is -0.786. The molecule has 1 atom stereocenters. The minimum Gasteiger partial charge on any atom is -0.368 e. The number of anilines is 2. The molecule has 6 nitrogen and oxygen atoms in total. The van der Waals surface area contributed by atoms with Gasteiger partial charge in [-0.1, -0.05) is 18.2 Å². The van der Waals surface area contributed by atoms with E-state index in [0.717, 1.165) is 16.9 Å². The maximum absolute atomic E-state index is 13.0. The van der Waals surface area contributed by atoms with Crippen LogP contribution in [0.25, 0.3) is 0 Å². The van der Waals surface area contributed by atoms with Crippen LogP contribution in [0.5, 0.6) is 0 Å². The number of carbonyl (C=O) groups excluding carboxylic acids is 2. The van der Waals surface area contributed by atoms with E-state index in [-0.39, 0.29) is 17.6 Å². The number of nitrogens with one attached hydrogen (secondary N) is 2. The zero-order valence-corrected chi connectivity index (χ0v) is 16.9. The first-order chi connectivity index (χ1) is 14.6. The molecule has 0 spiro atoms. The van der Waals surface area contributed by atoms with Crippen LogP contribution in [0.4, 0.5) is 15.2 Å². The van der Waals surface area contributed by atoms with E-state index >= 15 is 0 Å². The number of aromatic nitrogens is 1. The molecule has 1 aromatic heterocycles. The van der Waals surface area contributed by atoms with Crippen molar-refractivity contribution < 1.29 is 18.7 Å². The molecule has 154 valence electrons. The highest BCUT2D eigenvalue weighted by atomic mass is 32.1. The molecule has 2 aromatic carbocycles. The molecule has 1 fully saturated rings. The summed E-state index contributed by atoms with van der Waals surface area (Å²) in [4.78, 5) is 30.0. The van der Waals surface area contributed by atoms with E-state index in [1.807, 2.05) is 0 Å². The number of hydrogen-bond acceptors (Lipinski definition) is 5. The van der Waals surface area contributed by atoms with E-state index in [4.69, 9.17) is 4.74 Å². The summed E-state index contributed by atoms with van der Waals surface area (Å²) in [6, 6.07) is 13.0. The number of thiazole rings is 1. The Hall–Kier alpha value is -3.10. The fourth-order valence-corrected chi connectivity index (χ4v) is 4.01. The third kappa shape index (κ3) is 5.08. The van der Waals surface area contributed by atoms with Gasteiger partial charge in [-0.2, -0.15) is 0 Å². The van der Waals surface area contributed by atoms with Gasteiger partial charge in [-0.25, -0.2) is 9.37 Å². The Morgan fingerprint density at radius 2 is 2.00 bits per heavy atom. The Kier molecular flexibility index (Phi) is 6.15. The summed E-state index contributed by atoms with van der Waals surface area (Å²) >= 11 is 1.36. The number of benzene rings is 2. The van der Waals surface area contributed by atoms with Crippen LogP contribution in [0.1, 0.15) is 33.6 Å². The second-order valence-corrected chi connectivity index (χ2v) is 8.08. The lowest BCUT2D eigenvalue weighted by Gasteiger charge is -2.11. The Morgan fingerprint density at radius 1 is 1.17 bits per heavy atom. The van der Waals surface area contributed by atoms with Crippen molar-refractivity contribution in [3.8, 4) is 0 Å². The standard InChI is InChI=1S/C22H20FN3O3S/c23-16-8-6-14(7-9-16)11-18-13-24-22(30-18)26-20(27)15-3-1-4-17(12-15)25-21(28)19-5-2-10-29-19/h1,3-4,6-9,12-13,19H,2,5,10-11H2,(H,25,28)(H,24,26,27)/t19-/m0/s1. The molecule has 1 aliphatic rings. The molecule has 3 aromatic rings. The first kappa shape index (κ1) is 20.2. The van der Waals surface area contributed by atoms with Crippen molar-refractivity contribution in [2.75, 3.05) is 17.2 Å². The Labute approximate surface area is 177 Å². The third-order valence-electron chi connectivity index (χ3n) is 4.68. The summed E-state index contributed by atoms with van der Waals surface area (Å²) < 4.78 is 18.4. The quantitative estimate of drug-likeness (QED) is 0.619. The van der Waals surface area contributed by atoms with Gasteiger partial charge >= 0.3 is 0 Å². The van der Waals surface area contributed by atoms with Crippen LogP contribution < -0.4 is 10.6 Å². The van der Waals surface area contributed by atoms with Crippen molar-refractivity contribution in [2.45, 2.75) is 25.4 Å². The van der Waals surface area contributed by atoms with Gasteiger partial charge in [-0.15, -0.1) is 11.3 Å². The number of rotatable bonds is 6. The number of ether oxygens (including phenoxy) is 1. The summed E-state index contributed by atoms with van der Waals surface area (Å²) in [5, 5.41) is 6.05. The molecule has 0 radical (unpaired) electrons. The van der Waals surface area contributed by atoms with E-state index in [0.29, 0.717) is 35.8 Å². The van der Waals surface area contributed by atoms with E-state index in [1.165, 1.54) is 23.5 Å². The largest absolute Gasteiger partial charge is 0.368 e. The lowest BCUT2D eigenvalue weighted by atomic mass is 10.1. The van der Waals surface area contributed by atoms with Crippen LogP contribution in [-0.2, 0) is 16.0 Å². The zero-order chi connectivity index (χ0) is 20.9.